The largest absolute Gasteiger partial charge is 0.351 e. The van der Waals surface area contributed by atoms with Crippen LogP contribution in [0.3, 0.4) is 0 Å². The van der Waals surface area contributed by atoms with Crippen LogP contribution in [0.1, 0.15) is 19.8 Å². The molecule has 0 aromatic rings. The van der Waals surface area contributed by atoms with Gasteiger partial charge < -0.3 is 10.6 Å². The number of nitrogens with one attached hydrogen (secondary N) is 2. The monoisotopic (exact) mass is 239 g/mol. The first kappa shape index (κ1) is 14.2. The molecule has 17 heavy (non-hydrogen) atoms. The Balaban J connectivity index is 2.42. The summed E-state index contributed by atoms with van der Waals surface area (Å²) in [5.74, 6) is 0.776. The molecule has 0 aliphatic carbocycles. The Morgan fingerprint density at radius 2 is 2.41 bits per heavy atom. The normalized spacial score (nSPS) is 23.1. The minimum atomic E-state index is -0.0328. The van der Waals surface area contributed by atoms with E-state index < -0.39 is 0 Å². The molecule has 0 aromatic heterocycles. The van der Waals surface area contributed by atoms with Crippen LogP contribution < -0.4 is 10.6 Å². The number of amides is 1. The summed E-state index contributed by atoms with van der Waals surface area (Å²) in [6, 6.07) is -0.0328. The summed E-state index contributed by atoms with van der Waals surface area (Å²) in [4.78, 5) is 14.1. The van der Waals surface area contributed by atoms with Crippen LogP contribution in [0.5, 0.6) is 0 Å². The molecule has 2 N–H and O–H groups in total. The van der Waals surface area contributed by atoms with Crippen molar-refractivity contribution in [2.45, 2.75) is 25.8 Å². The first-order valence-electron chi connectivity index (χ1n) is 6.46. The molecule has 4 heteroatoms. The first-order chi connectivity index (χ1) is 8.19. The molecular formula is C13H25N3O. The van der Waals surface area contributed by atoms with E-state index in [0.29, 0.717) is 12.5 Å². The van der Waals surface area contributed by atoms with Crippen LogP contribution in [0.15, 0.2) is 12.7 Å². The Morgan fingerprint density at radius 1 is 1.65 bits per heavy atom. The van der Waals surface area contributed by atoms with E-state index in [1.807, 2.05) is 14.0 Å². The zero-order valence-electron chi connectivity index (χ0n) is 11.0. The summed E-state index contributed by atoms with van der Waals surface area (Å²) in [7, 11) is 1.99. The van der Waals surface area contributed by atoms with Crippen LogP contribution in [-0.4, -0.2) is 50.1 Å². The van der Waals surface area contributed by atoms with Crippen molar-refractivity contribution < 1.29 is 4.79 Å². The van der Waals surface area contributed by atoms with Crippen LogP contribution in [0.25, 0.3) is 0 Å². The Bertz CT molecular complexity index is 253. The second kappa shape index (κ2) is 7.45. The molecule has 1 amide bonds. The van der Waals surface area contributed by atoms with Gasteiger partial charge in [-0.15, -0.1) is 6.58 Å². The van der Waals surface area contributed by atoms with Crippen LogP contribution >= 0.6 is 0 Å². The topological polar surface area (TPSA) is 44.4 Å². The SMILES string of the molecule is C=CCNC(=O)C(C)N1CCCC(CNC)C1. The summed E-state index contributed by atoms with van der Waals surface area (Å²) >= 11 is 0. The number of hydrogen-bond donors (Lipinski definition) is 2. The quantitative estimate of drug-likeness (QED) is 0.668. The smallest absolute Gasteiger partial charge is 0.237 e. The molecule has 0 spiro atoms. The van der Waals surface area contributed by atoms with Gasteiger partial charge in [0.05, 0.1) is 6.04 Å². The number of carbonyl (C=O) groups excluding carboxylic acids is 1. The fraction of sp³-hybridized carbons (Fsp3) is 0.769. The fourth-order valence-electron chi connectivity index (χ4n) is 2.39. The van der Waals surface area contributed by atoms with Gasteiger partial charge in [0.15, 0.2) is 0 Å². The van der Waals surface area contributed by atoms with Gasteiger partial charge in [-0.25, -0.2) is 0 Å². The van der Waals surface area contributed by atoms with Gasteiger partial charge >= 0.3 is 0 Å². The van der Waals surface area contributed by atoms with Gasteiger partial charge in [0, 0.05) is 13.1 Å². The van der Waals surface area contributed by atoms with Gasteiger partial charge in [0.25, 0.3) is 0 Å². The summed E-state index contributed by atoms with van der Waals surface area (Å²) < 4.78 is 0. The zero-order valence-corrected chi connectivity index (χ0v) is 11.0. The minimum absolute atomic E-state index is 0.0328. The maximum Gasteiger partial charge on any atom is 0.237 e. The highest BCUT2D eigenvalue weighted by molar-refractivity contribution is 5.81. The average molecular weight is 239 g/mol. The summed E-state index contributed by atoms with van der Waals surface area (Å²) in [5.41, 5.74) is 0. The molecule has 1 aliphatic rings. The van der Waals surface area contributed by atoms with E-state index in [4.69, 9.17) is 0 Å². The number of carbonyl (C=O) groups is 1. The van der Waals surface area contributed by atoms with Gasteiger partial charge in [0.1, 0.15) is 0 Å². The highest BCUT2D eigenvalue weighted by Gasteiger charge is 2.26. The minimum Gasteiger partial charge on any atom is -0.351 e. The van der Waals surface area contributed by atoms with Crippen molar-refractivity contribution in [3.63, 3.8) is 0 Å². The maximum atomic E-state index is 11.8. The van der Waals surface area contributed by atoms with Gasteiger partial charge in [-0.3, -0.25) is 9.69 Å². The molecule has 98 valence electrons. The highest BCUT2D eigenvalue weighted by Crippen LogP contribution is 2.17. The van der Waals surface area contributed by atoms with Gasteiger partial charge in [0.2, 0.25) is 5.91 Å². The fourth-order valence-corrected chi connectivity index (χ4v) is 2.39. The number of rotatable bonds is 6. The molecule has 1 fully saturated rings. The van der Waals surface area contributed by atoms with Gasteiger partial charge in [-0.05, 0) is 45.8 Å². The van der Waals surface area contributed by atoms with Crippen molar-refractivity contribution in [2.24, 2.45) is 5.92 Å². The van der Waals surface area contributed by atoms with Crippen LogP contribution in [0, 0.1) is 5.92 Å². The third-order valence-corrected chi connectivity index (χ3v) is 3.39. The molecule has 0 aromatic carbocycles. The summed E-state index contributed by atoms with van der Waals surface area (Å²) in [5, 5.41) is 6.08. The molecule has 1 rings (SSSR count). The van der Waals surface area contributed by atoms with Crippen molar-refractivity contribution >= 4 is 5.91 Å². The van der Waals surface area contributed by atoms with Crippen LogP contribution in [0.2, 0.25) is 0 Å². The van der Waals surface area contributed by atoms with Crippen LogP contribution in [0.4, 0.5) is 0 Å². The predicted octanol–water partition coefficient (Wildman–Crippen LogP) is 0.609. The van der Waals surface area contributed by atoms with E-state index in [9.17, 15) is 4.79 Å². The molecule has 2 unspecified atom stereocenters. The van der Waals surface area contributed by atoms with Gasteiger partial charge in [-0.2, -0.15) is 0 Å². The predicted molar refractivity (Wildman–Crippen MR) is 70.9 cm³/mol. The zero-order chi connectivity index (χ0) is 12.7. The van der Waals surface area contributed by atoms with Crippen molar-refractivity contribution in [3.05, 3.63) is 12.7 Å². The number of piperidine rings is 1. The summed E-state index contributed by atoms with van der Waals surface area (Å²) in [6.07, 6.45) is 4.16. The number of hydrogen-bond acceptors (Lipinski definition) is 3. The number of likely N-dealkylation sites (tertiary alicyclic amines) is 1. The average Bonchev–Trinajstić information content (AvgIpc) is 2.35. The van der Waals surface area contributed by atoms with E-state index >= 15 is 0 Å². The Labute approximate surface area is 104 Å². The van der Waals surface area contributed by atoms with E-state index in [2.05, 4.69) is 22.1 Å². The van der Waals surface area contributed by atoms with Crippen LogP contribution in [-0.2, 0) is 4.79 Å². The lowest BCUT2D eigenvalue weighted by Crippen LogP contribution is -2.50. The lowest BCUT2D eigenvalue weighted by molar-refractivity contribution is -0.126. The Morgan fingerprint density at radius 3 is 3.06 bits per heavy atom. The Hall–Kier alpha value is -0.870. The van der Waals surface area contributed by atoms with E-state index in [-0.39, 0.29) is 11.9 Å². The molecule has 1 saturated heterocycles. The first-order valence-corrected chi connectivity index (χ1v) is 6.46. The van der Waals surface area contributed by atoms with Crippen molar-refractivity contribution in [3.8, 4) is 0 Å². The highest BCUT2D eigenvalue weighted by atomic mass is 16.2. The third-order valence-electron chi connectivity index (χ3n) is 3.39. The molecule has 0 bridgehead atoms. The summed E-state index contributed by atoms with van der Waals surface area (Å²) in [6.45, 7) is 9.23. The molecule has 2 atom stereocenters. The Kier molecular flexibility index (Phi) is 6.22. The molecular weight excluding hydrogens is 214 g/mol. The molecule has 1 heterocycles. The number of nitrogens with zero attached hydrogens (tertiary/aromatic N) is 1. The van der Waals surface area contributed by atoms with Crippen molar-refractivity contribution in [1.29, 1.82) is 0 Å². The second-order valence-corrected chi connectivity index (χ2v) is 4.77. The van der Waals surface area contributed by atoms with E-state index in [0.717, 1.165) is 19.6 Å². The molecule has 1 aliphatic heterocycles. The third kappa shape index (κ3) is 4.48. The van der Waals surface area contributed by atoms with E-state index in [1.165, 1.54) is 12.8 Å². The second-order valence-electron chi connectivity index (χ2n) is 4.77. The standard InChI is InChI=1S/C13H25N3O/c1-4-7-15-13(17)11(2)16-8-5-6-12(10-16)9-14-3/h4,11-12,14H,1,5-10H2,2-3H3,(H,15,17). The molecule has 0 radical (unpaired) electrons. The molecule has 0 saturated carbocycles. The van der Waals surface area contributed by atoms with Gasteiger partial charge in [-0.1, -0.05) is 6.08 Å². The lowest BCUT2D eigenvalue weighted by atomic mass is 9.97. The molecule has 4 nitrogen and oxygen atoms in total. The van der Waals surface area contributed by atoms with E-state index in [1.54, 1.807) is 6.08 Å². The lowest BCUT2D eigenvalue weighted by Gasteiger charge is -2.36. The van der Waals surface area contributed by atoms with Crippen molar-refractivity contribution in [1.82, 2.24) is 15.5 Å². The maximum absolute atomic E-state index is 11.8. The van der Waals surface area contributed by atoms with Crippen molar-refractivity contribution in [2.75, 3.05) is 33.2 Å².